The zero-order valence-corrected chi connectivity index (χ0v) is 17.8. The number of nitrogens with one attached hydrogen (secondary N) is 1. The molecule has 32 heavy (non-hydrogen) atoms. The van der Waals surface area contributed by atoms with Crippen LogP contribution in [0.1, 0.15) is 33.3 Å². The zero-order valence-electron chi connectivity index (χ0n) is 17.0. The molecule has 0 aliphatic carbocycles. The number of aromatic nitrogens is 2. The van der Waals surface area contributed by atoms with Crippen LogP contribution in [0.2, 0.25) is 5.02 Å². The van der Waals surface area contributed by atoms with Gasteiger partial charge in [-0.3, -0.25) is 19.7 Å². The van der Waals surface area contributed by atoms with Crippen LogP contribution in [-0.4, -0.2) is 33.2 Å². The van der Waals surface area contributed by atoms with Gasteiger partial charge in [-0.05, 0) is 31.5 Å². The average Bonchev–Trinajstić information content (AvgIpc) is 2.74. The van der Waals surface area contributed by atoms with E-state index in [0.717, 1.165) is 28.4 Å². The van der Waals surface area contributed by atoms with Gasteiger partial charge in [-0.15, -0.1) is 0 Å². The second-order valence-electron chi connectivity index (χ2n) is 6.54. The first-order chi connectivity index (χ1) is 15.2. The van der Waals surface area contributed by atoms with E-state index >= 15 is 0 Å². The summed E-state index contributed by atoms with van der Waals surface area (Å²) >= 11 is 6.01. The van der Waals surface area contributed by atoms with E-state index in [9.17, 15) is 24.5 Å². The maximum absolute atomic E-state index is 12.8. The lowest BCUT2D eigenvalue weighted by atomic mass is 10.1. The lowest BCUT2D eigenvalue weighted by Gasteiger charge is -2.14. The van der Waals surface area contributed by atoms with Gasteiger partial charge >= 0.3 is 5.97 Å². The number of ether oxygens (including phenoxy) is 1. The molecule has 0 spiro atoms. The van der Waals surface area contributed by atoms with Gasteiger partial charge in [0, 0.05) is 18.2 Å². The summed E-state index contributed by atoms with van der Waals surface area (Å²) in [5, 5.41) is 17.5. The van der Waals surface area contributed by atoms with E-state index in [1.807, 2.05) is 0 Å². The molecular formula is C21H17ClN4O6. The van der Waals surface area contributed by atoms with Gasteiger partial charge in [0.1, 0.15) is 0 Å². The van der Waals surface area contributed by atoms with Gasteiger partial charge in [-0.1, -0.05) is 29.8 Å². The highest BCUT2D eigenvalue weighted by molar-refractivity contribution is 6.34. The first-order valence-corrected chi connectivity index (χ1v) is 9.73. The van der Waals surface area contributed by atoms with E-state index in [-0.39, 0.29) is 34.3 Å². The molecule has 0 bridgehead atoms. The molecule has 0 aliphatic rings. The Morgan fingerprint density at radius 3 is 2.59 bits per heavy atom. The number of hydrogen-bond acceptors (Lipinski definition) is 7. The molecule has 1 aromatic heterocycles. The number of para-hydroxylation sites is 1. The molecule has 11 heteroatoms. The molecule has 0 saturated heterocycles. The number of carbonyl (C=O) groups excluding carboxylic acids is 2. The first kappa shape index (κ1) is 22.6. The molecule has 0 saturated carbocycles. The minimum absolute atomic E-state index is 0.0358. The number of amides is 1. The second-order valence-corrected chi connectivity index (χ2v) is 6.95. The van der Waals surface area contributed by atoms with Crippen LogP contribution in [0.3, 0.4) is 0 Å². The Hall–Kier alpha value is -4.05. The molecule has 0 unspecified atom stereocenters. The van der Waals surface area contributed by atoms with Crippen LogP contribution in [0.4, 0.5) is 11.4 Å². The average molecular weight is 457 g/mol. The van der Waals surface area contributed by atoms with Crippen LogP contribution in [0.15, 0.2) is 53.3 Å². The molecule has 0 fully saturated rings. The summed E-state index contributed by atoms with van der Waals surface area (Å²) < 4.78 is 6.03. The molecule has 1 heterocycles. The lowest BCUT2D eigenvalue weighted by Crippen LogP contribution is -2.27. The summed E-state index contributed by atoms with van der Waals surface area (Å²) in [5.74, 6) is -1.73. The number of aryl methyl sites for hydroxylation is 1. The topological polar surface area (TPSA) is 133 Å². The van der Waals surface area contributed by atoms with Crippen molar-refractivity contribution in [1.82, 2.24) is 9.78 Å². The number of benzene rings is 2. The fraction of sp³-hybridized carbons (Fsp3) is 0.143. The van der Waals surface area contributed by atoms with Crippen molar-refractivity contribution in [2.45, 2.75) is 13.8 Å². The van der Waals surface area contributed by atoms with E-state index in [1.54, 1.807) is 38.1 Å². The van der Waals surface area contributed by atoms with Crippen molar-refractivity contribution < 1.29 is 19.2 Å². The van der Waals surface area contributed by atoms with E-state index in [1.165, 1.54) is 6.07 Å². The first-order valence-electron chi connectivity index (χ1n) is 9.35. The van der Waals surface area contributed by atoms with Crippen LogP contribution in [-0.2, 0) is 4.74 Å². The summed E-state index contributed by atoms with van der Waals surface area (Å²) in [5.41, 5.74) is -0.528. The lowest BCUT2D eigenvalue weighted by molar-refractivity contribution is -0.384. The summed E-state index contributed by atoms with van der Waals surface area (Å²) in [6.07, 6.45) is 0. The molecule has 3 aromatic rings. The van der Waals surface area contributed by atoms with Gasteiger partial charge in [-0.25, -0.2) is 4.79 Å². The van der Waals surface area contributed by atoms with E-state index in [0.29, 0.717) is 5.69 Å². The zero-order chi connectivity index (χ0) is 23.4. The maximum Gasteiger partial charge on any atom is 0.360 e. The van der Waals surface area contributed by atoms with Gasteiger partial charge < -0.3 is 10.1 Å². The van der Waals surface area contributed by atoms with Crippen molar-refractivity contribution in [1.29, 1.82) is 0 Å². The Bertz CT molecular complexity index is 1290. The van der Waals surface area contributed by atoms with Gasteiger partial charge in [0.2, 0.25) is 0 Å². The summed E-state index contributed by atoms with van der Waals surface area (Å²) in [6, 6.07) is 11.3. The van der Waals surface area contributed by atoms with Crippen molar-refractivity contribution in [3.8, 4) is 5.69 Å². The quantitative estimate of drug-likeness (QED) is 0.340. The van der Waals surface area contributed by atoms with Gasteiger partial charge in [0.15, 0.2) is 5.69 Å². The molecular weight excluding hydrogens is 440 g/mol. The number of carbonyl (C=O) groups is 2. The van der Waals surface area contributed by atoms with Crippen molar-refractivity contribution in [2.24, 2.45) is 0 Å². The van der Waals surface area contributed by atoms with Crippen molar-refractivity contribution in [2.75, 3.05) is 11.9 Å². The summed E-state index contributed by atoms with van der Waals surface area (Å²) in [7, 11) is 0. The number of esters is 1. The van der Waals surface area contributed by atoms with E-state index < -0.39 is 22.4 Å². The Kier molecular flexibility index (Phi) is 6.64. The molecule has 1 N–H and O–H groups in total. The third-order valence-corrected chi connectivity index (χ3v) is 4.73. The van der Waals surface area contributed by atoms with Crippen LogP contribution in [0.5, 0.6) is 0 Å². The second kappa shape index (κ2) is 9.40. The monoisotopic (exact) mass is 456 g/mol. The number of nitrogens with zero attached hydrogens (tertiary/aromatic N) is 3. The maximum atomic E-state index is 12.8. The number of nitro benzene ring substituents is 1. The van der Waals surface area contributed by atoms with Crippen molar-refractivity contribution in [3.05, 3.63) is 90.8 Å². The number of non-ortho nitro benzene ring substituents is 1. The number of nitro groups is 1. The fourth-order valence-corrected chi connectivity index (χ4v) is 3.07. The number of rotatable bonds is 6. The number of anilines is 1. The van der Waals surface area contributed by atoms with E-state index in [4.69, 9.17) is 16.3 Å². The SMILES string of the molecule is CCOC(=O)c1nn(-c2ccccc2C)c(=O)cc1NC(=O)c1cc([N+](=O)[O-])ccc1Cl. The third kappa shape index (κ3) is 4.65. The van der Waals surface area contributed by atoms with Gasteiger partial charge in [0.05, 0.1) is 33.5 Å². The van der Waals surface area contributed by atoms with Crippen molar-refractivity contribution in [3.63, 3.8) is 0 Å². The number of hydrogen-bond donors (Lipinski definition) is 1. The Morgan fingerprint density at radius 2 is 1.94 bits per heavy atom. The molecule has 0 aliphatic heterocycles. The minimum atomic E-state index is -0.865. The highest BCUT2D eigenvalue weighted by atomic mass is 35.5. The molecule has 0 radical (unpaired) electrons. The molecule has 1 amide bonds. The molecule has 2 aromatic carbocycles. The van der Waals surface area contributed by atoms with Crippen LogP contribution in [0, 0.1) is 17.0 Å². The van der Waals surface area contributed by atoms with Crippen LogP contribution in [0.25, 0.3) is 5.69 Å². The summed E-state index contributed by atoms with van der Waals surface area (Å²) in [6.45, 7) is 3.40. The van der Waals surface area contributed by atoms with Gasteiger partial charge in [-0.2, -0.15) is 9.78 Å². The van der Waals surface area contributed by atoms with Crippen molar-refractivity contribution >= 4 is 34.9 Å². The highest BCUT2D eigenvalue weighted by Crippen LogP contribution is 2.24. The Balaban J connectivity index is 2.09. The Labute approximate surface area is 186 Å². The van der Waals surface area contributed by atoms with Gasteiger partial charge in [0.25, 0.3) is 17.2 Å². The third-order valence-electron chi connectivity index (χ3n) is 4.40. The fourth-order valence-electron chi connectivity index (χ4n) is 2.87. The molecule has 3 rings (SSSR count). The predicted molar refractivity (Wildman–Crippen MR) is 117 cm³/mol. The molecule has 10 nitrogen and oxygen atoms in total. The highest BCUT2D eigenvalue weighted by Gasteiger charge is 2.23. The number of halogens is 1. The predicted octanol–water partition coefficient (Wildman–Crippen LogP) is 3.53. The van der Waals surface area contributed by atoms with Crippen LogP contribution >= 0.6 is 11.6 Å². The standard InChI is InChI=1S/C21H17ClN4O6/c1-3-32-21(29)19-16(11-18(27)25(24-19)17-7-5-4-6-12(17)2)23-20(28)14-10-13(26(30)31)8-9-15(14)22/h4-11H,3H2,1-2H3,(H,23,28). The minimum Gasteiger partial charge on any atom is -0.461 e. The van der Waals surface area contributed by atoms with E-state index in [2.05, 4.69) is 10.4 Å². The largest absolute Gasteiger partial charge is 0.461 e. The summed E-state index contributed by atoms with van der Waals surface area (Å²) in [4.78, 5) is 48.3. The normalized spacial score (nSPS) is 10.5. The Morgan fingerprint density at radius 1 is 1.22 bits per heavy atom. The molecule has 0 atom stereocenters. The van der Waals surface area contributed by atoms with Crippen LogP contribution < -0.4 is 10.9 Å². The molecule has 164 valence electrons. The smallest absolute Gasteiger partial charge is 0.360 e.